The Bertz CT molecular complexity index is 378. The summed E-state index contributed by atoms with van der Waals surface area (Å²) in [4.78, 5) is 11.2. The van der Waals surface area contributed by atoms with Crippen molar-refractivity contribution in [3.63, 3.8) is 0 Å². The maximum Gasteiger partial charge on any atom is 0.347 e. The molecule has 72 valence electrons. The molecule has 1 aromatic rings. The maximum absolute atomic E-state index is 10.8. The third-order valence-electron chi connectivity index (χ3n) is 1.81. The summed E-state index contributed by atoms with van der Waals surface area (Å²) >= 11 is 6.18. The smallest absolute Gasteiger partial charge is 0.347 e. The minimum Gasteiger partial charge on any atom is -0.477 e. The van der Waals surface area contributed by atoms with Gasteiger partial charge in [0.25, 0.3) is 0 Å². The minimum absolute atomic E-state index is 0.384. The first-order chi connectivity index (χ1) is 6.07. The lowest BCUT2D eigenvalue weighted by Crippen LogP contribution is -2.03. The Morgan fingerprint density at radius 3 is 2.77 bits per heavy atom. The topological polar surface area (TPSA) is 42.2 Å². The van der Waals surface area contributed by atoms with Crippen LogP contribution in [0.4, 0.5) is 0 Å². The van der Waals surface area contributed by atoms with Crippen molar-refractivity contribution in [2.75, 3.05) is 0 Å². The van der Waals surface area contributed by atoms with Gasteiger partial charge in [0, 0.05) is 12.7 Å². The molecule has 0 unspecified atom stereocenters. The van der Waals surface area contributed by atoms with Crippen molar-refractivity contribution in [3.8, 4) is 0 Å². The number of thiazole rings is 1. The summed E-state index contributed by atoms with van der Waals surface area (Å²) < 4.78 is 2.41. The van der Waals surface area contributed by atoms with Gasteiger partial charge in [-0.2, -0.15) is 0 Å². The summed E-state index contributed by atoms with van der Waals surface area (Å²) in [5.41, 5.74) is 0.838. The maximum atomic E-state index is 10.8. The molecular weight excluding hydrogens is 206 g/mol. The van der Waals surface area contributed by atoms with Gasteiger partial charge in [-0.3, -0.25) is 0 Å². The third-order valence-corrected chi connectivity index (χ3v) is 3.40. The van der Waals surface area contributed by atoms with E-state index in [4.69, 9.17) is 17.3 Å². The normalized spacial score (nSPS) is 10.3. The average Bonchev–Trinajstić information content (AvgIpc) is 2.33. The van der Waals surface area contributed by atoms with E-state index in [9.17, 15) is 4.79 Å². The van der Waals surface area contributed by atoms with Crippen LogP contribution < -0.4 is 0 Å². The second-order valence-electron chi connectivity index (χ2n) is 2.76. The lowest BCUT2D eigenvalue weighted by Gasteiger charge is -2.00. The van der Waals surface area contributed by atoms with Gasteiger partial charge < -0.3 is 9.67 Å². The fourth-order valence-corrected chi connectivity index (χ4v) is 2.39. The van der Waals surface area contributed by atoms with Crippen molar-refractivity contribution < 1.29 is 9.90 Å². The van der Waals surface area contributed by atoms with Crippen molar-refractivity contribution in [3.05, 3.63) is 14.5 Å². The Balaban J connectivity index is 3.26. The van der Waals surface area contributed by atoms with Gasteiger partial charge in [-0.15, -0.1) is 0 Å². The number of aromatic nitrogens is 1. The van der Waals surface area contributed by atoms with Crippen molar-refractivity contribution in [2.24, 2.45) is 7.05 Å². The summed E-state index contributed by atoms with van der Waals surface area (Å²) in [6.45, 7) is 2.02. The van der Waals surface area contributed by atoms with Gasteiger partial charge >= 0.3 is 5.97 Å². The standard InChI is InChI=1S/C8H11NO2S2/c1-3-4-5-6(7(10)11)13-8(12)9(5)2/h3-4H2,1-2H3,(H,10,11). The molecule has 0 saturated heterocycles. The van der Waals surface area contributed by atoms with E-state index in [2.05, 4.69) is 0 Å². The number of carboxylic acids is 1. The fourth-order valence-electron chi connectivity index (χ4n) is 1.16. The van der Waals surface area contributed by atoms with E-state index in [0.29, 0.717) is 8.83 Å². The molecule has 1 heterocycles. The van der Waals surface area contributed by atoms with Gasteiger partial charge in [0.05, 0.1) is 0 Å². The molecule has 0 saturated carbocycles. The molecule has 0 aliphatic rings. The SMILES string of the molecule is CCCc1c(C(=O)O)sc(=S)n1C. The molecular formula is C8H11NO2S2. The van der Waals surface area contributed by atoms with Crippen molar-refractivity contribution in [1.29, 1.82) is 0 Å². The summed E-state index contributed by atoms with van der Waals surface area (Å²) in [6.07, 6.45) is 1.70. The molecule has 0 spiro atoms. The van der Waals surface area contributed by atoms with Crippen LogP contribution in [0.2, 0.25) is 0 Å². The summed E-state index contributed by atoms with van der Waals surface area (Å²) in [6, 6.07) is 0. The molecule has 0 aliphatic carbocycles. The van der Waals surface area contributed by atoms with Crippen LogP contribution in [-0.4, -0.2) is 15.6 Å². The molecule has 0 aliphatic heterocycles. The van der Waals surface area contributed by atoms with Crippen molar-refractivity contribution in [1.82, 2.24) is 4.57 Å². The van der Waals surface area contributed by atoms with Crippen molar-refractivity contribution in [2.45, 2.75) is 19.8 Å². The quantitative estimate of drug-likeness (QED) is 0.791. The van der Waals surface area contributed by atoms with Crippen LogP contribution in [0.5, 0.6) is 0 Å². The molecule has 0 bridgehead atoms. The first kappa shape index (κ1) is 10.4. The van der Waals surface area contributed by atoms with E-state index in [1.165, 1.54) is 11.3 Å². The molecule has 1 rings (SSSR count). The molecule has 0 radical (unpaired) electrons. The molecule has 0 aromatic carbocycles. The van der Waals surface area contributed by atoms with Crippen molar-refractivity contribution >= 4 is 29.5 Å². The zero-order chi connectivity index (χ0) is 10.0. The number of carbonyl (C=O) groups is 1. The molecule has 1 N–H and O–H groups in total. The molecule has 13 heavy (non-hydrogen) atoms. The Morgan fingerprint density at radius 2 is 2.31 bits per heavy atom. The van der Waals surface area contributed by atoms with Crippen LogP contribution in [0, 0.1) is 3.95 Å². The van der Waals surface area contributed by atoms with E-state index in [-0.39, 0.29) is 0 Å². The molecule has 0 amide bonds. The molecule has 0 fully saturated rings. The van der Waals surface area contributed by atoms with Gasteiger partial charge in [-0.25, -0.2) is 4.79 Å². The van der Waals surface area contributed by atoms with Crippen LogP contribution in [0.1, 0.15) is 28.7 Å². The second-order valence-corrected chi connectivity index (χ2v) is 4.40. The zero-order valence-corrected chi connectivity index (χ0v) is 9.17. The Labute approximate surface area is 85.6 Å². The van der Waals surface area contributed by atoms with Crippen LogP contribution in [0.15, 0.2) is 0 Å². The van der Waals surface area contributed by atoms with Crippen LogP contribution in [0.25, 0.3) is 0 Å². The molecule has 3 nitrogen and oxygen atoms in total. The highest BCUT2D eigenvalue weighted by Crippen LogP contribution is 2.19. The second kappa shape index (κ2) is 4.02. The van der Waals surface area contributed by atoms with Crippen LogP contribution >= 0.6 is 23.6 Å². The Hall–Kier alpha value is -0.680. The van der Waals surface area contributed by atoms with E-state index >= 15 is 0 Å². The van der Waals surface area contributed by atoms with E-state index in [0.717, 1.165) is 18.5 Å². The van der Waals surface area contributed by atoms with Gasteiger partial charge in [0.1, 0.15) is 4.88 Å². The lowest BCUT2D eigenvalue weighted by atomic mass is 10.2. The highest BCUT2D eigenvalue weighted by atomic mass is 32.1. The first-order valence-electron chi connectivity index (χ1n) is 4.00. The predicted molar refractivity (Wildman–Crippen MR) is 55.1 cm³/mol. The van der Waals surface area contributed by atoms with Gasteiger partial charge in [-0.1, -0.05) is 24.7 Å². The highest BCUT2D eigenvalue weighted by molar-refractivity contribution is 7.73. The molecule has 0 atom stereocenters. The number of hydrogen-bond acceptors (Lipinski definition) is 3. The number of hydrogen-bond donors (Lipinski definition) is 1. The highest BCUT2D eigenvalue weighted by Gasteiger charge is 2.15. The summed E-state index contributed by atoms with van der Waals surface area (Å²) in [5, 5.41) is 8.88. The fraction of sp³-hybridized carbons (Fsp3) is 0.500. The number of rotatable bonds is 3. The van der Waals surface area contributed by atoms with Gasteiger partial charge in [0.2, 0.25) is 0 Å². The van der Waals surface area contributed by atoms with E-state index in [1.807, 2.05) is 14.0 Å². The minimum atomic E-state index is -0.875. The van der Waals surface area contributed by atoms with E-state index in [1.54, 1.807) is 4.57 Å². The molecule has 5 heteroatoms. The van der Waals surface area contributed by atoms with Crippen LogP contribution in [0.3, 0.4) is 0 Å². The Morgan fingerprint density at radius 1 is 1.69 bits per heavy atom. The largest absolute Gasteiger partial charge is 0.477 e. The predicted octanol–water partition coefficient (Wildman–Crippen LogP) is 2.47. The average molecular weight is 217 g/mol. The van der Waals surface area contributed by atoms with Crippen LogP contribution in [-0.2, 0) is 13.5 Å². The van der Waals surface area contributed by atoms with Gasteiger partial charge in [-0.05, 0) is 18.6 Å². The third kappa shape index (κ3) is 1.97. The number of aromatic carboxylic acids is 1. The lowest BCUT2D eigenvalue weighted by molar-refractivity contribution is 0.0700. The monoisotopic (exact) mass is 217 g/mol. The molecule has 1 aromatic heterocycles. The Kier molecular flexibility index (Phi) is 3.22. The zero-order valence-electron chi connectivity index (χ0n) is 7.53. The van der Waals surface area contributed by atoms with Gasteiger partial charge in [0.15, 0.2) is 3.95 Å². The first-order valence-corrected chi connectivity index (χ1v) is 5.22. The summed E-state index contributed by atoms with van der Waals surface area (Å²) in [7, 11) is 1.82. The number of nitrogens with zero attached hydrogens (tertiary/aromatic N) is 1. The van der Waals surface area contributed by atoms with E-state index < -0.39 is 5.97 Å². The summed E-state index contributed by atoms with van der Waals surface area (Å²) in [5.74, 6) is -0.875. The number of carboxylic acid groups (broad SMARTS) is 1.